The van der Waals surface area contributed by atoms with E-state index in [1.54, 1.807) is 0 Å². The van der Waals surface area contributed by atoms with Gasteiger partial charge in [-0.1, -0.05) is 0 Å². The van der Waals surface area contributed by atoms with Crippen LogP contribution in [0.15, 0.2) is 12.7 Å². The number of aryl methyl sites for hydroxylation is 2. The number of H-pyrrole nitrogens is 2. The van der Waals surface area contributed by atoms with Crippen LogP contribution in [-0.4, -0.2) is 66.0 Å². The highest BCUT2D eigenvalue weighted by Gasteiger charge is 2.10. The monoisotopic (exact) mass is 442 g/mol. The number of methoxy groups -OCH3 is 2. The van der Waals surface area contributed by atoms with E-state index in [-0.39, 0.29) is 24.8 Å². The van der Waals surface area contributed by atoms with E-state index < -0.39 is 0 Å². The molecule has 0 unspecified atom stereocenters. The molecule has 168 valence electrons. The molecule has 6 N–H and O–H groups in total. The third-order valence-electron chi connectivity index (χ3n) is 4.28. The van der Waals surface area contributed by atoms with Gasteiger partial charge in [0.05, 0.1) is 39.7 Å². The summed E-state index contributed by atoms with van der Waals surface area (Å²) in [6.07, 6.45) is 4.23. The zero-order chi connectivity index (χ0) is 23.1. The number of carbonyl (C=O) groups excluding carboxylic acids is 2. The Labute approximate surface area is 181 Å². The van der Waals surface area contributed by atoms with Gasteiger partial charge in [0.15, 0.2) is 22.9 Å². The predicted octanol–water partition coefficient (Wildman–Crippen LogP) is 0.0814. The van der Waals surface area contributed by atoms with Crippen LogP contribution in [0.1, 0.15) is 24.5 Å². The van der Waals surface area contributed by atoms with Crippen LogP contribution in [-0.2, 0) is 31.9 Å². The fraction of sp³-hybridized carbons (Fsp3) is 0.333. The topological polar surface area (TPSA) is 214 Å². The summed E-state index contributed by atoms with van der Waals surface area (Å²) >= 11 is 0. The number of rotatable bonds is 6. The fourth-order valence-electron chi connectivity index (χ4n) is 2.66. The van der Waals surface area contributed by atoms with E-state index in [1.807, 2.05) is 0 Å². The number of imidazole rings is 2. The zero-order valence-corrected chi connectivity index (χ0v) is 17.5. The van der Waals surface area contributed by atoms with Gasteiger partial charge in [-0.05, 0) is 0 Å². The Kier molecular flexibility index (Phi) is 7.05. The van der Waals surface area contributed by atoms with Crippen LogP contribution < -0.4 is 11.5 Å². The molecular formula is C18H22N10O4. The number of hydrogen-bond donors (Lipinski definition) is 4. The van der Waals surface area contributed by atoms with E-state index in [0.717, 1.165) is 0 Å². The molecule has 0 aromatic carbocycles. The Bertz CT molecular complexity index is 1140. The minimum Gasteiger partial charge on any atom is -0.469 e. The molecule has 0 atom stereocenters. The number of hydrogen-bond acceptors (Lipinski definition) is 12. The summed E-state index contributed by atoms with van der Waals surface area (Å²) in [6, 6.07) is 0. The van der Waals surface area contributed by atoms with E-state index >= 15 is 0 Å². The molecule has 32 heavy (non-hydrogen) atoms. The third-order valence-corrected chi connectivity index (χ3v) is 4.28. The summed E-state index contributed by atoms with van der Waals surface area (Å²) in [4.78, 5) is 52.0. The number of carbonyl (C=O) groups is 2. The van der Waals surface area contributed by atoms with Crippen LogP contribution in [0.25, 0.3) is 22.3 Å². The highest BCUT2D eigenvalue weighted by molar-refractivity contribution is 5.81. The Balaban J connectivity index is 0.000000181. The van der Waals surface area contributed by atoms with Crippen molar-refractivity contribution in [2.24, 2.45) is 0 Å². The average molecular weight is 442 g/mol. The Hall–Kier alpha value is -4.36. The SMILES string of the molecule is COC(=O)CCc1nc(N)c2[nH]cnc2n1.COC(=O)CCc1nc(N)c2[nH]cnc2n1. The van der Waals surface area contributed by atoms with E-state index in [1.165, 1.54) is 26.9 Å². The summed E-state index contributed by atoms with van der Waals surface area (Å²) < 4.78 is 9.05. The van der Waals surface area contributed by atoms with Gasteiger partial charge in [0.25, 0.3) is 0 Å². The van der Waals surface area contributed by atoms with Crippen molar-refractivity contribution in [3.8, 4) is 0 Å². The Morgan fingerprint density at radius 1 is 0.781 bits per heavy atom. The molecule has 4 aromatic heterocycles. The van der Waals surface area contributed by atoms with E-state index in [9.17, 15) is 9.59 Å². The highest BCUT2D eigenvalue weighted by atomic mass is 16.5. The number of nitrogens with zero attached hydrogens (tertiary/aromatic N) is 6. The molecule has 14 nitrogen and oxygen atoms in total. The maximum Gasteiger partial charge on any atom is 0.305 e. The number of nitrogens with two attached hydrogens (primary N) is 2. The Morgan fingerprint density at radius 3 is 1.56 bits per heavy atom. The molecule has 0 bridgehead atoms. The molecule has 0 aliphatic carbocycles. The van der Waals surface area contributed by atoms with Crippen molar-refractivity contribution in [1.29, 1.82) is 0 Å². The van der Waals surface area contributed by atoms with Gasteiger partial charge in [0, 0.05) is 12.8 Å². The molecule has 0 amide bonds. The van der Waals surface area contributed by atoms with Crippen LogP contribution in [0.2, 0.25) is 0 Å². The molecule has 0 saturated heterocycles. The molecular weight excluding hydrogens is 420 g/mol. The number of anilines is 2. The number of fused-ring (bicyclic) bond motifs is 2. The molecule has 4 heterocycles. The van der Waals surface area contributed by atoms with Crippen LogP contribution in [0.5, 0.6) is 0 Å². The molecule has 0 radical (unpaired) electrons. The number of nitrogens with one attached hydrogen (secondary N) is 2. The second-order valence-corrected chi connectivity index (χ2v) is 6.40. The lowest BCUT2D eigenvalue weighted by Crippen LogP contribution is -2.06. The van der Waals surface area contributed by atoms with E-state index in [0.29, 0.717) is 58.5 Å². The largest absolute Gasteiger partial charge is 0.469 e. The quantitative estimate of drug-likeness (QED) is 0.292. The average Bonchev–Trinajstić information content (AvgIpc) is 3.46. The van der Waals surface area contributed by atoms with Gasteiger partial charge < -0.3 is 30.9 Å². The van der Waals surface area contributed by atoms with Crippen LogP contribution in [0, 0.1) is 0 Å². The number of esters is 2. The summed E-state index contributed by atoms with van der Waals surface area (Å²) in [5.74, 6) is 1.04. The summed E-state index contributed by atoms with van der Waals surface area (Å²) in [7, 11) is 2.68. The number of aromatic amines is 2. The third kappa shape index (κ3) is 5.41. The van der Waals surface area contributed by atoms with Crippen molar-refractivity contribution in [2.45, 2.75) is 25.7 Å². The first-order valence-electron chi connectivity index (χ1n) is 9.45. The van der Waals surface area contributed by atoms with Crippen LogP contribution in [0.4, 0.5) is 11.6 Å². The molecule has 0 aliphatic heterocycles. The maximum absolute atomic E-state index is 11.0. The van der Waals surface area contributed by atoms with Crippen LogP contribution in [0.3, 0.4) is 0 Å². The van der Waals surface area contributed by atoms with Crippen molar-refractivity contribution in [1.82, 2.24) is 39.9 Å². The van der Waals surface area contributed by atoms with Crippen molar-refractivity contribution >= 4 is 45.9 Å². The lowest BCUT2D eigenvalue weighted by Gasteiger charge is -2.01. The van der Waals surface area contributed by atoms with Gasteiger partial charge in [-0.2, -0.15) is 0 Å². The molecule has 4 aromatic rings. The van der Waals surface area contributed by atoms with Gasteiger partial charge in [-0.15, -0.1) is 0 Å². The van der Waals surface area contributed by atoms with Gasteiger partial charge in [-0.25, -0.2) is 29.9 Å². The molecule has 0 aliphatic rings. The summed E-state index contributed by atoms with van der Waals surface area (Å²) in [6.45, 7) is 0. The number of nitrogen functional groups attached to an aromatic ring is 2. The summed E-state index contributed by atoms with van der Waals surface area (Å²) in [5, 5.41) is 0. The van der Waals surface area contributed by atoms with Gasteiger partial charge in [0.2, 0.25) is 0 Å². The molecule has 0 fully saturated rings. The normalized spacial score (nSPS) is 10.6. The minimum absolute atomic E-state index is 0.228. The van der Waals surface area contributed by atoms with Gasteiger partial charge >= 0.3 is 11.9 Å². The Morgan fingerprint density at radius 2 is 1.19 bits per heavy atom. The van der Waals surface area contributed by atoms with Crippen molar-refractivity contribution in [3.63, 3.8) is 0 Å². The van der Waals surface area contributed by atoms with Crippen molar-refractivity contribution in [2.75, 3.05) is 25.7 Å². The van der Waals surface area contributed by atoms with Gasteiger partial charge in [0.1, 0.15) is 22.7 Å². The lowest BCUT2D eigenvalue weighted by atomic mass is 10.3. The van der Waals surface area contributed by atoms with Crippen LogP contribution >= 0.6 is 0 Å². The molecule has 14 heteroatoms. The zero-order valence-electron chi connectivity index (χ0n) is 17.5. The van der Waals surface area contributed by atoms with Crippen molar-refractivity contribution < 1.29 is 19.1 Å². The molecule has 0 saturated carbocycles. The maximum atomic E-state index is 11.0. The van der Waals surface area contributed by atoms with E-state index in [2.05, 4.69) is 49.3 Å². The number of ether oxygens (including phenoxy) is 2. The first-order chi connectivity index (χ1) is 15.4. The van der Waals surface area contributed by atoms with Gasteiger partial charge in [-0.3, -0.25) is 9.59 Å². The lowest BCUT2D eigenvalue weighted by molar-refractivity contribution is -0.141. The number of aromatic nitrogens is 8. The highest BCUT2D eigenvalue weighted by Crippen LogP contribution is 2.14. The second-order valence-electron chi connectivity index (χ2n) is 6.40. The first kappa shape index (κ1) is 22.3. The second kappa shape index (κ2) is 10.1. The molecule has 4 rings (SSSR count). The summed E-state index contributed by atoms with van der Waals surface area (Å²) in [5.41, 5.74) is 13.6. The molecule has 0 spiro atoms. The predicted molar refractivity (Wildman–Crippen MR) is 113 cm³/mol. The smallest absolute Gasteiger partial charge is 0.305 e. The van der Waals surface area contributed by atoms with Crippen molar-refractivity contribution in [3.05, 3.63) is 24.3 Å². The fourth-order valence-corrected chi connectivity index (χ4v) is 2.66. The first-order valence-corrected chi connectivity index (χ1v) is 9.45. The minimum atomic E-state index is -0.302. The van der Waals surface area contributed by atoms with E-state index in [4.69, 9.17) is 11.5 Å². The standard InChI is InChI=1S/2C9H11N5O2/c2*1-16-6(15)3-2-5-13-8(10)7-9(14-5)12-4-11-7/h2*4H,2-3H2,1H3,(H3,10,11,12,13,14).